The minimum Gasteiger partial charge on any atom is -0.378 e. The lowest BCUT2D eigenvalue weighted by atomic mass is 10.2. The zero-order valence-electron chi connectivity index (χ0n) is 11.2. The highest BCUT2D eigenvalue weighted by Crippen LogP contribution is 2.10. The standard InChI is InChI=1S/C12H15N7O/c1-19(2)10-5-3-9(4-6-10)8-13-16-12(20)7-11-14-17-18-15-11/h3-6,8H,7H2,1-2H3,(H,16,20)(H,14,15,17,18)/b13-8+. The third-order valence-corrected chi connectivity index (χ3v) is 2.52. The van der Waals surface area contributed by atoms with Crippen LogP contribution in [0.4, 0.5) is 5.69 Å². The summed E-state index contributed by atoms with van der Waals surface area (Å²) in [4.78, 5) is 13.5. The molecule has 20 heavy (non-hydrogen) atoms. The number of hydrogen-bond acceptors (Lipinski definition) is 6. The number of aromatic amines is 1. The molecule has 0 fully saturated rings. The van der Waals surface area contributed by atoms with Crippen LogP contribution in [0.2, 0.25) is 0 Å². The first-order chi connectivity index (χ1) is 9.65. The summed E-state index contributed by atoms with van der Waals surface area (Å²) in [5, 5.41) is 16.9. The van der Waals surface area contributed by atoms with Crippen molar-refractivity contribution in [3.63, 3.8) is 0 Å². The van der Waals surface area contributed by atoms with Crippen LogP contribution in [0.25, 0.3) is 0 Å². The molecule has 2 N–H and O–H groups in total. The molecule has 1 aromatic heterocycles. The molecule has 2 aromatic rings. The Bertz CT molecular complexity index is 574. The van der Waals surface area contributed by atoms with Gasteiger partial charge in [-0.3, -0.25) is 4.79 Å². The lowest BCUT2D eigenvalue weighted by molar-refractivity contribution is -0.120. The molecule has 0 aliphatic heterocycles. The minimum absolute atomic E-state index is 0.0351. The van der Waals surface area contributed by atoms with Crippen LogP contribution in [-0.2, 0) is 11.2 Å². The molecule has 0 bridgehead atoms. The first-order valence-corrected chi connectivity index (χ1v) is 5.97. The highest BCUT2D eigenvalue weighted by atomic mass is 16.2. The van der Waals surface area contributed by atoms with E-state index in [1.54, 1.807) is 6.21 Å². The fraction of sp³-hybridized carbons (Fsp3) is 0.250. The van der Waals surface area contributed by atoms with Crippen LogP contribution in [-0.4, -0.2) is 46.8 Å². The predicted molar refractivity (Wildman–Crippen MR) is 74.4 cm³/mol. The summed E-state index contributed by atoms with van der Waals surface area (Å²) in [6.45, 7) is 0. The largest absolute Gasteiger partial charge is 0.378 e. The van der Waals surface area contributed by atoms with Gasteiger partial charge in [0.05, 0.1) is 12.6 Å². The second-order valence-electron chi connectivity index (χ2n) is 4.28. The maximum atomic E-state index is 11.5. The van der Waals surface area contributed by atoms with E-state index in [2.05, 4.69) is 31.2 Å². The summed E-state index contributed by atoms with van der Waals surface area (Å²) in [5.41, 5.74) is 4.40. The number of hydrogen-bond donors (Lipinski definition) is 2. The number of H-pyrrole nitrogens is 1. The number of benzene rings is 1. The van der Waals surface area contributed by atoms with E-state index >= 15 is 0 Å². The summed E-state index contributed by atoms with van der Waals surface area (Å²) in [6, 6.07) is 7.79. The van der Waals surface area contributed by atoms with Crippen molar-refractivity contribution in [1.29, 1.82) is 0 Å². The Labute approximate surface area is 115 Å². The maximum absolute atomic E-state index is 11.5. The van der Waals surface area contributed by atoms with E-state index in [0.29, 0.717) is 5.82 Å². The van der Waals surface area contributed by atoms with Crippen molar-refractivity contribution in [3.8, 4) is 0 Å². The third-order valence-electron chi connectivity index (χ3n) is 2.52. The van der Waals surface area contributed by atoms with E-state index in [1.807, 2.05) is 43.3 Å². The first kappa shape index (κ1) is 13.7. The van der Waals surface area contributed by atoms with E-state index in [9.17, 15) is 4.79 Å². The molecule has 104 valence electrons. The molecular formula is C12H15N7O. The molecule has 0 saturated carbocycles. The van der Waals surface area contributed by atoms with Crippen molar-refractivity contribution in [1.82, 2.24) is 26.0 Å². The Morgan fingerprint density at radius 2 is 2.15 bits per heavy atom. The number of anilines is 1. The average molecular weight is 273 g/mol. The van der Waals surface area contributed by atoms with Crippen molar-refractivity contribution in [3.05, 3.63) is 35.7 Å². The Morgan fingerprint density at radius 1 is 1.40 bits per heavy atom. The molecule has 0 aliphatic carbocycles. The number of amides is 1. The predicted octanol–water partition coefficient (Wildman–Crippen LogP) is -0.0415. The van der Waals surface area contributed by atoms with Gasteiger partial charge in [0.2, 0.25) is 5.91 Å². The van der Waals surface area contributed by atoms with Crippen LogP contribution in [0.5, 0.6) is 0 Å². The fourth-order valence-electron chi connectivity index (χ4n) is 1.48. The molecule has 0 radical (unpaired) electrons. The topological polar surface area (TPSA) is 99.2 Å². The van der Waals surface area contributed by atoms with Gasteiger partial charge in [0.25, 0.3) is 0 Å². The molecule has 0 saturated heterocycles. The summed E-state index contributed by atoms with van der Waals surface area (Å²) in [7, 11) is 3.95. The molecule has 1 aromatic carbocycles. The van der Waals surface area contributed by atoms with Crippen LogP contribution in [0.1, 0.15) is 11.4 Å². The Balaban J connectivity index is 1.85. The number of tetrazole rings is 1. The summed E-state index contributed by atoms with van der Waals surface area (Å²) < 4.78 is 0. The molecule has 0 unspecified atom stereocenters. The Morgan fingerprint density at radius 3 is 2.75 bits per heavy atom. The quantitative estimate of drug-likeness (QED) is 0.588. The Hall–Kier alpha value is -2.77. The third kappa shape index (κ3) is 3.87. The molecule has 0 atom stereocenters. The monoisotopic (exact) mass is 273 g/mol. The van der Waals surface area contributed by atoms with Gasteiger partial charge in [0, 0.05) is 19.8 Å². The smallest absolute Gasteiger partial charge is 0.247 e. The summed E-state index contributed by atoms with van der Waals surface area (Å²) in [6.07, 6.45) is 1.61. The normalized spacial score (nSPS) is 10.7. The van der Waals surface area contributed by atoms with Crippen molar-refractivity contribution >= 4 is 17.8 Å². The van der Waals surface area contributed by atoms with Gasteiger partial charge >= 0.3 is 0 Å². The fourth-order valence-corrected chi connectivity index (χ4v) is 1.48. The van der Waals surface area contributed by atoms with Gasteiger partial charge in [-0.05, 0) is 17.7 Å². The number of rotatable bonds is 5. The number of carbonyl (C=O) groups is 1. The highest BCUT2D eigenvalue weighted by Gasteiger charge is 2.05. The van der Waals surface area contributed by atoms with Crippen molar-refractivity contribution in [2.75, 3.05) is 19.0 Å². The number of aromatic nitrogens is 4. The van der Waals surface area contributed by atoms with E-state index in [1.165, 1.54) is 0 Å². The first-order valence-electron chi connectivity index (χ1n) is 5.97. The van der Waals surface area contributed by atoms with Crippen LogP contribution in [0, 0.1) is 0 Å². The highest BCUT2D eigenvalue weighted by molar-refractivity contribution is 5.83. The van der Waals surface area contributed by atoms with E-state index in [0.717, 1.165) is 11.3 Å². The van der Waals surface area contributed by atoms with Gasteiger partial charge in [-0.15, -0.1) is 10.2 Å². The van der Waals surface area contributed by atoms with Gasteiger partial charge in [0.15, 0.2) is 5.82 Å². The Kier molecular flexibility index (Phi) is 4.38. The van der Waals surface area contributed by atoms with Gasteiger partial charge in [-0.1, -0.05) is 17.3 Å². The molecule has 8 nitrogen and oxygen atoms in total. The number of nitrogens with one attached hydrogen (secondary N) is 2. The van der Waals surface area contributed by atoms with Crippen molar-refractivity contribution in [2.24, 2.45) is 5.10 Å². The summed E-state index contributed by atoms with van der Waals surface area (Å²) in [5.74, 6) is 0.0283. The van der Waals surface area contributed by atoms with E-state index in [4.69, 9.17) is 0 Å². The molecule has 1 heterocycles. The van der Waals surface area contributed by atoms with Crippen molar-refractivity contribution in [2.45, 2.75) is 6.42 Å². The van der Waals surface area contributed by atoms with E-state index in [-0.39, 0.29) is 12.3 Å². The van der Waals surface area contributed by atoms with Crippen LogP contribution in [0.15, 0.2) is 29.4 Å². The van der Waals surface area contributed by atoms with Gasteiger partial charge in [-0.25, -0.2) is 5.43 Å². The minimum atomic E-state index is -0.299. The van der Waals surface area contributed by atoms with E-state index < -0.39 is 0 Å². The van der Waals surface area contributed by atoms with Crippen LogP contribution >= 0.6 is 0 Å². The molecule has 0 aliphatic rings. The SMILES string of the molecule is CN(C)c1ccc(/C=N/NC(=O)Cc2nn[nH]n2)cc1. The molecular weight excluding hydrogens is 258 g/mol. The van der Waals surface area contributed by atoms with Gasteiger partial charge in [-0.2, -0.15) is 10.3 Å². The second-order valence-corrected chi connectivity index (χ2v) is 4.28. The molecule has 0 spiro atoms. The molecule has 8 heteroatoms. The van der Waals surface area contributed by atoms with Crippen LogP contribution < -0.4 is 10.3 Å². The van der Waals surface area contributed by atoms with Crippen molar-refractivity contribution < 1.29 is 4.79 Å². The molecule has 2 rings (SSSR count). The lowest BCUT2D eigenvalue weighted by Crippen LogP contribution is -2.20. The number of carbonyl (C=O) groups excluding carboxylic acids is 1. The maximum Gasteiger partial charge on any atom is 0.247 e. The average Bonchev–Trinajstić information content (AvgIpc) is 2.92. The summed E-state index contributed by atoms with van der Waals surface area (Å²) >= 11 is 0. The zero-order chi connectivity index (χ0) is 14.4. The van der Waals surface area contributed by atoms with Gasteiger partial charge < -0.3 is 4.90 Å². The second kappa shape index (κ2) is 6.41. The lowest BCUT2D eigenvalue weighted by Gasteiger charge is -2.11. The zero-order valence-corrected chi connectivity index (χ0v) is 11.2. The van der Waals surface area contributed by atoms with Crippen LogP contribution in [0.3, 0.4) is 0 Å². The van der Waals surface area contributed by atoms with Gasteiger partial charge in [0.1, 0.15) is 0 Å². The number of hydrazone groups is 1. The number of nitrogens with zero attached hydrogens (tertiary/aromatic N) is 5. The molecule has 1 amide bonds.